The van der Waals surface area contributed by atoms with Gasteiger partial charge in [-0.25, -0.2) is 0 Å². The van der Waals surface area contributed by atoms with E-state index < -0.39 is 12.0 Å². The van der Waals surface area contributed by atoms with E-state index in [1.54, 1.807) is 31.4 Å². The molecular formula is C18H20N2O4. The maximum absolute atomic E-state index is 12.1. The van der Waals surface area contributed by atoms with E-state index >= 15 is 0 Å². The number of nitrogens with two attached hydrogens (primary N) is 1. The topological polar surface area (TPSA) is 102 Å². The molecule has 1 atom stereocenters. The molecule has 0 saturated carbocycles. The minimum atomic E-state index is -1.02. The van der Waals surface area contributed by atoms with Crippen molar-refractivity contribution in [2.75, 3.05) is 7.11 Å². The number of rotatable bonds is 7. The van der Waals surface area contributed by atoms with Gasteiger partial charge in [0.1, 0.15) is 11.8 Å². The lowest BCUT2D eigenvalue weighted by Crippen LogP contribution is -2.32. The second-order valence-corrected chi connectivity index (χ2v) is 5.38. The summed E-state index contributed by atoms with van der Waals surface area (Å²) in [4.78, 5) is 22.8. The summed E-state index contributed by atoms with van der Waals surface area (Å²) >= 11 is 0. The summed E-state index contributed by atoms with van der Waals surface area (Å²) < 4.78 is 5.05. The number of ether oxygens (including phenoxy) is 1. The Kier molecular flexibility index (Phi) is 5.92. The van der Waals surface area contributed by atoms with Crippen LogP contribution in [0.3, 0.4) is 0 Å². The van der Waals surface area contributed by atoms with Crippen molar-refractivity contribution in [2.45, 2.75) is 19.0 Å². The summed E-state index contributed by atoms with van der Waals surface area (Å²) in [5.41, 5.74) is 7.82. The highest BCUT2D eigenvalue weighted by molar-refractivity contribution is 5.94. The lowest BCUT2D eigenvalue weighted by Gasteiger charge is -2.09. The van der Waals surface area contributed by atoms with Crippen LogP contribution in [0.15, 0.2) is 48.5 Å². The molecule has 1 amide bonds. The normalized spacial score (nSPS) is 11.6. The van der Waals surface area contributed by atoms with Crippen LogP contribution in [0.1, 0.15) is 21.5 Å². The van der Waals surface area contributed by atoms with Gasteiger partial charge in [-0.15, -0.1) is 0 Å². The standard InChI is InChI=1S/C18H20N2O4/c1-24-15-8-6-14(7-9-15)17(21)20-11-13-4-2-12(3-5-13)10-16(19)18(22)23/h2-9,16H,10-11,19H2,1H3,(H,20,21)(H,22,23). The van der Waals surface area contributed by atoms with Gasteiger partial charge in [0.25, 0.3) is 5.91 Å². The molecule has 0 bridgehead atoms. The number of hydrogen-bond donors (Lipinski definition) is 3. The first-order valence-electron chi connectivity index (χ1n) is 7.48. The van der Waals surface area contributed by atoms with Gasteiger partial charge in [-0.05, 0) is 41.8 Å². The van der Waals surface area contributed by atoms with Gasteiger partial charge in [-0.2, -0.15) is 0 Å². The fraction of sp³-hybridized carbons (Fsp3) is 0.222. The average molecular weight is 328 g/mol. The highest BCUT2D eigenvalue weighted by atomic mass is 16.5. The number of hydrogen-bond acceptors (Lipinski definition) is 4. The SMILES string of the molecule is COc1ccc(C(=O)NCc2ccc(CC(N)C(=O)O)cc2)cc1. The number of carboxylic acid groups (broad SMARTS) is 1. The van der Waals surface area contributed by atoms with Crippen molar-refractivity contribution in [1.29, 1.82) is 0 Å². The third-order valence-electron chi connectivity index (χ3n) is 3.60. The van der Waals surface area contributed by atoms with Crippen LogP contribution < -0.4 is 15.8 Å². The number of methoxy groups -OCH3 is 1. The molecule has 0 aliphatic rings. The Morgan fingerprint density at radius 3 is 2.21 bits per heavy atom. The van der Waals surface area contributed by atoms with Crippen molar-refractivity contribution >= 4 is 11.9 Å². The smallest absolute Gasteiger partial charge is 0.320 e. The summed E-state index contributed by atoms with van der Waals surface area (Å²) in [6.07, 6.45) is 0.272. The third-order valence-corrected chi connectivity index (χ3v) is 3.60. The zero-order valence-electron chi connectivity index (χ0n) is 13.4. The third kappa shape index (κ3) is 4.82. The second-order valence-electron chi connectivity index (χ2n) is 5.38. The van der Waals surface area contributed by atoms with E-state index in [1.165, 1.54) is 0 Å². The largest absolute Gasteiger partial charge is 0.497 e. The van der Waals surface area contributed by atoms with Crippen LogP contribution in [0.4, 0.5) is 0 Å². The Morgan fingerprint density at radius 2 is 1.67 bits per heavy atom. The van der Waals surface area contributed by atoms with E-state index in [-0.39, 0.29) is 12.3 Å². The Balaban J connectivity index is 1.89. The van der Waals surface area contributed by atoms with Crippen LogP contribution in [0.2, 0.25) is 0 Å². The van der Waals surface area contributed by atoms with Gasteiger partial charge in [0.2, 0.25) is 0 Å². The van der Waals surface area contributed by atoms with E-state index in [4.69, 9.17) is 15.6 Å². The lowest BCUT2D eigenvalue weighted by molar-refractivity contribution is -0.138. The fourth-order valence-electron chi connectivity index (χ4n) is 2.16. The molecule has 4 N–H and O–H groups in total. The first-order chi connectivity index (χ1) is 11.5. The van der Waals surface area contributed by atoms with Crippen molar-refractivity contribution in [2.24, 2.45) is 5.73 Å². The van der Waals surface area contributed by atoms with Gasteiger partial charge in [-0.3, -0.25) is 9.59 Å². The molecule has 0 aromatic heterocycles. The number of carboxylic acids is 1. The molecule has 6 nitrogen and oxygen atoms in total. The van der Waals surface area contributed by atoms with Crippen molar-refractivity contribution < 1.29 is 19.4 Å². The molecular weight excluding hydrogens is 308 g/mol. The van der Waals surface area contributed by atoms with E-state index in [9.17, 15) is 9.59 Å². The lowest BCUT2D eigenvalue weighted by atomic mass is 10.0. The molecule has 2 rings (SSSR count). The second kappa shape index (κ2) is 8.12. The minimum Gasteiger partial charge on any atom is -0.497 e. The van der Waals surface area contributed by atoms with Gasteiger partial charge in [-0.1, -0.05) is 24.3 Å². The molecule has 0 aliphatic carbocycles. The molecule has 1 unspecified atom stereocenters. The molecule has 0 fully saturated rings. The molecule has 0 radical (unpaired) electrons. The number of benzene rings is 2. The predicted molar refractivity (Wildman–Crippen MR) is 89.9 cm³/mol. The summed E-state index contributed by atoms with van der Waals surface area (Å²) in [7, 11) is 1.57. The maximum atomic E-state index is 12.1. The van der Waals surface area contributed by atoms with Crippen molar-refractivity contribution in [3.63, 3.8) is 0 Å². The molecule has 126 valence electrons. The van der Waals surface area contributed by atoms with Crippen LogP contribution in [-0.4, -0.2) is 30.1 Å². The van der Waals surface area contributed by atoms with Gasteiger partial charge < -0.3 is 20.9 Å². The first kappa shape index (κ1) is 17.5. The van der Waals surface area contributed by atoms with E-state index in [1.807, 2.05) is 24.3 Å². The predicted octanol–water partition coefficient (Wildman–Crippen LogP) is 1.58. The average Bonchev–Trinajstić information content (AvgIpc) is 2.60. The van der Waals surface area contributed by atoms with Crippen LogP contribution in [-0.2, 0) is 17.8 Å². The highest BCUT2D eigenvalue weighted by Crippen LogP contribution is 2.11. The number of carbonyl (C=O) groups is 2. The molecule has 0 aliphatic heterocycles. The van der Waals surface area contributed by atoms with Gasteiger partial charge in [0.05, 0.1) is 7.11 Å². The Hall–Kier alpha value is -2.86. The Labute approximate surface area is 140 Å². The zero-order chi connectivity index (χ0) is 17.5. The number of carbonyl (C=O) groups excluding carboxylic acids is 1. The highest BCUT2D eigenvalue weighted by Gasteiger charge is 2.12. The number of aliphatic carboxylic acids is 1. The van der Waals surface area contributed by atoms with Crippen LogP contribution in [0.5, 0.6) is 5.75 Å². The van der Waals surface area contributed by atoms with Gasteiger partial charge in [0.15, 0.2) is 0 Å². The van der Waals surface area contributed by atoms with Gasteiger partial charge >= 0.3 is 5.97 Å². The molecule has 2 aromatic rings. The van der Waals surface area contributed by atoms with Gasteiger partial charge in [0, 0.05) is 12.1 Å². The fourth-order valence-corrected chi connectivity index (χ4v) is 2.16. The molecule has 24 heavy (non-hydrogen) atoms. The minimum absolute atomic E-state index is 0.172. The number of amides is 1. The maximum Gasteiger partial charge on any atom is 0.320 e. The molecule has 0 heterocycles. The summed E-state index contributed by atoms with van der Waals surface area (Å²) in [6.45, 7) is 0.385. The Bertz CT molecular complexity index is 696. The van der Waals surface area contributed by atoms with E-state index in [2.05, 4.69) is 5.32 Å². The van der Waals surface area contributed by atoms with Crippen LogP contribution in [0.25, 0.3) is 0 Å². The molecule has 0 spiro atoms. The first-order valence-corrected chi connectivity index (χ1v) is 7.48. The number of nitrogens with one attached hydrogen (secondary N) is 1. The Morgan fingerprint density at radius 1 is 1.08 bits per heavy atom. The van der Waals surface area contributed by atoms with Crippen LogP contribution in [0, 0.1) is 0 Å². The summed E-state index contributed by atoms with van der Waals surface area (Å²) in [6, 6.07) is 13.3. The summed E-state index contributed by atoms with van der Waals surface area (Å²) in [5.74, 6) is -0.498. The van der Waals surface area contributed by atoms with Crippen LogP contribution >= 0.6 is 0 Å². The zero-order valence-corrected chi connectivity index (χ0v) is 13.4. The quantitative estimate of drug-likeness (QED) is 0.716. The molecule has 0 saturated heterocycles. The van der Waals surface area contributed by atoms with Crippen molar-refractivity contribution in [3.8, 4) is 5.75 Å². The van der Waals surface area contributed by atoms with Crippen molar-refractivity contribution in [3.05, 3.63) is 65.2 Å². The molecule has 2 aromatic carbocycles. The molecule has 6 heteroatoms. The van der Waals surface area contributed by atoms with Crippen molar-refractivity contribution in [1.82, 2.24) is 5.32 Å². The summed E-state index contributed by atoms with van der Waals surface area (Å²) in [5, 5.41) is 11.6. The monoisotopic (exact) mass is 328 g/mol. The van der Waals surface area contributed by atoms with E-state index in [0.717, 1.165) is 11.1 Å². The van der Waals surface area contributed by atoms with E-state index in [0.29, 0.717) is 17.9 Å².